The number of methoxy groups -OCH3 is 1. The number of H-pyrrole nitrogens is 1. The zero-order chi connectivity index (χ0) is 22.9. The molecule has 0 spiro atoms. The smallest absolute Gasteiger partial charge is 0.275 e. The van der Waals surface area contributed by atoms with Crippen molar-refractivity contribution in [3.63, 3.8) is 0 Å². The topological polar surface area (TPSA) is 87.2 Å². The van der Waals surface area contributed by atoms with Gasteiger partial charge >= 0.3 is 0 Å². The molecule has 1 amide bonds. The van der Waals surface area contributed by atoms with Gasteiger partial charge in [-0.15, -0.1) is 0 Å². The quantitative estimate of drug-likeness (QED) is 0.642. The molecule has 8 heteroatoms. The third-order valence-corrected chi connectivity index (χ3v) is 6.69. The Bertz CT molecular complexity index is 1150. The summed E-state index contributed by atoms with van der Waals surface area (Å²) in [5.41, 5.74) is 5.63. The van der Waals surface area contributed by atoms with E-state index < -0.39 is 0 Å². The molecule has 33 heavy (non-hydrogen) atoms. The van der Waals surface area contributed by atoms with Gasteiger partial charge in [-0.3, -0.25) is 9.89 Å². The molecule has 1 saturated heterocycles. The van der Waals surface area contributed by atoms with E-state index in [1.165, 1.54) is 0 Å². The first-order valence-corrected chi connectivity index (χ1v) is 11.6. The number of fused-ring (bicyclic) bond motifs is 1. The number of aromatic nitrogens is 4. The van der Waals surface area contributed by atoms with Crippen molar-refractivity contribution < 1.29 is 9.53 Å². The fourth-order valence-electron chi connectivity index (χ4n) is 4.94. The Hall–Kier alpha value is -3.42. The number of nitrogens with zero attached hydrogens (tertiary/aromatic N) is 5. The van der Waals surface area contributed by atoms with Crippen molar-refractivity contribution in [1.29, 1.82) is 0 Å². The van der Waals surface area contributed by atoms with Crippen LogP contribution in [-0.4, -0.2) is 58.7 Å². The fraction of sp³-hybridized carbons (Fsp3) is 0.440. The number of carbonyl (C=O) groups excluding carboxylic acids is 1. The third-order valence-electron chi connectivity index (χ3n) is 6.69. The Morgan fingerprint density at radius 2 is 1.97 bits per heavy atom. The fourth-order valence-corrected chi connectivity index (χ4v) is 4.94. The molecule has 0 saturated carbocycles. The molecule has 0 radical (unpaired) electrons. The molecule has 1 aliphatic heterocycles. The Balaban J connectivity index is 1.57. The van der Waals surface area contributed by atoms with E-state index in [0.29, 0.717) is 18.2 Å². The summed E-state index contributed by atoms with van der Waals surface area (Å²) in [4.78, 5) is 27.2. The molecule has 8 nitrogen and oxygen atoms in total. The summed E-state index contributed by atoms with van der Waals surface area (Å²) in [6.07, 6.45) is 7.75. The third kappa shape index (κ3) is 3.94. The van der Waals surface area contributed by atoms with Crippen LogP contribution in [0.5, 0.6) is 5.75 Å². The van der Waals surface area contributed by atoms with Gasteiger partial charge in [-0.2, -0.15) is 5.10 Å². The van der Waals surface area contributed by atoms with Crippen LogP contribution in [0.25, 0.3) is 11.1 Å². The van der Waals surface area contributed by atoms with Crippen LogP contribution in [0.15, 0.2) is 30.5 Å². The van der Waals surface area contributed by atoms with Gasteiger partial charge in [-0.25, -0.2) is 9.97 Å². The van der Waals surface area contributed by atoms with E-state index in [-0.39, 0.29) is 11.9 Å². The van der Waals surface area contributed by atoms with Crippen molar-refractivity contribution in [1.82, 2.24) is 25.1 Å². The second kappa shape index (κ2) is 8.84. The van der Waals surface area contributed by atoms with Crippen molar-refractivity contribution in [3.05, 3.63) is 53.1 Å². The van der Waals surface area contributed by atoms with Crippen molar-refractivity contribution >= 4 is 11.9 Å². The summed E-state index contributed by atoms with van der Waals surface area (Å²) in [6.45, 7) is 0.703. The van der Waals surface area contributed by atoms with Crippen molar-refractivity contribution in [2.75, 3.05) is 32.6 Å². The monoisotopic (exact) mass is 446 g/mol. The predicted molar refractivity (Wildman–Crippen MR) is 127 cm³/mol. The number of hydrogen-bond donors (Lipinski definition) is 1. The van der Waals surface area contributed by atoms with Gasteiger partial charge in [-0.1, -0.05) is 12.1 Å². The van der Waals surface area contributed by atoms with E-state index in [1.807, 2.05) is 54.4 Å². The number of nitrogens with one attached hydrogen (secondary N) is 1. The molecule has 1 aliphatic carbocycles. The molecule has 5 rings (SSSR count). The van der Waals surface area contributed by atoms with Crippen LogP contribution in [-0.2, 0) is 12.8 Å². The molecule has 1 atom stereocenters. The zero-order valence-electron chi connectivity index (χ0n) is 19.5. The van der Waals surface area contributed by atoms with Gasteiger partial charge in [0.15, 0.2) is 5.69 Å². The maximum atomic E-state index is 13.7. The summed E-state index contributed by atoms with van der Waals surface area (Å²) in [7, 11) is 5.53. The normalized spacial score (nSPS) is 17.7. The van der Waals surface area contributed by atoms with Crippen LogP contribution in [0.3, 0.4) is 0 Å². The molecule has 3 heterocycles. The lowest BCUT2D eigenvalue weighted by atomic mass is 9.93. The molecule has 1 unspecified atom stereocenters. The highest BCUT2D eigenvalue weighted by molar-refractivity contribution is 5.94. The SMILES string of the molecule is COc1ccc(-c2cnc(N(C)C)nc2C2CCCCN2C(=O)c2n[nH]c3c2CCC3)cc1. The first-order valence-electron chi connectivity index (χ1n) is 11.6. The van der Waals surface area contributed by atoms with E-state index in [1.54, 1.807) is 7.11 Å². The Kier molecular flexibility index (Phi) is 5.74. The highest BCUT2D eigenvalue weighted by Crippen LogP contribution is 2.38. The van der Waals surface area contributed by atoms with Gasteiger partial charge in [0.05, 0.1) is 18.8 Å². The van der Waals surface area contributed by atoms with Crippen LogP contribution < -0.4 is 9.64 Å². The van der Waals surface area contributed by atoms with Crippen LogP contribution in [0.1, 0.15) is 59.2 Å². The Labute approximate surface area is 194 Å². The number of ether oxygens (including phenoxy) is 1. The number of carbonyl (C=O) groups is 1. The largest absolute Gasteiger partial charge is 0.497 e. The maximum Gasteiger partial charge on any atom is 0.275 e. The predicted octanol–water partition coefficient (Wildman–Crippen LogP) is 3.80. The first kappa shape index (κ1) is 21.4. The van der Waals surface area contributed by atoms with E-state index in [4.69, 9.17) is 9.72 Å². The lowest BCUT2D eigenvalue weighted by Gasteiger charge is -2.36. The summed E-state index contributed by atoms with van der Waals surface area (Å²) < 4.78 is 5.33. The molecular formula is C25H30N6O2. The number of rotatable bonds is 5. The minimum atomic E-state index is -0.126. The standard InChI is InChI=1S/C25H30N6O2/c1-30(2)25-26-15-19(16-10-12-17(33-3)13-11-16)22(27-25)21-9-4-5-14-31(21)24(32)23-18-7-6-8-20(18)28-29-23/h10-13,15,21H,4-9,14H2,1-3H3,(H,28,29). The van der Waals surface area contributed by atoms with Crippen LogP contribution >= 0.6 is 0 Å². The minimum absolute atomic E-state index is 0.00444. The second-order valence-electron chi connectivity index (χ2n) is 8.98. The lowest BCUT2D eigenvalue weighted by Crippen LogP contribution is -2.40. The summed E-state index contributed by atoms with van der Waals surface area (Å²) >= 11 is 0. The molecular weight excluding hydrogens is 416 g/mol. The summed E-state index contributed by atoms with van der Waals surface area (Å²) in [5, 5.41) is 7.51. The minimum Gasteiger partial charge on any atom is -0.497 e. The summed E-state index contributed by atoms with van der Waals surface area (Å²) in [6, 6.07) is 7.79. The maximum absolute atomic E-state index is 13.7. The average molecular weight is 447 g/mol. The van der Waals surface area contributed by atoms with Crippen molar-refractivity contribution in [3.8, 4) is 16.9 Å². The highest BCUT2D eigenvalue weighted by atomic mass is 16.5. The van der Waals surface area contributed by atoms with Gasteiger partial charge in [0.25, 0.3) is 5.91 Å². The number of hydrogen-bond acceptors (Lipinski definition) is 6. The number of amides is 1. The number of anilines is 1. The second-order valence-corrected chi connectivity index (χ2v) is 8.98. The van der Waals surface area contributed by atoms with Crippen molar-refractivity contribution in [2.45, 2.75) is 44.6 Å². The van der Waals surface area contributed by atoms with Gasteiger partial charge in [-0.05, 0) is 56.2 Å². The summed E-state index contributed by atoms with van der Waals surface area (Å²) in [5.74, 6) is 1.44. The number of aryl methyl sites for hydroxylation is 1. The van der Waals surface area contributed by atoms with Crippen LogP contribution in [0, 0.1) is 0 Å². The highest BCUT2D eigenvalue weighted by Gasteiger charge is 2.35. The van der Waals surface area contributed by atoms with Gasteiger partial charge in [0, 0.05) is 43.7 Å². The van der Waals surface area contributed by atoms with E-state index in [9.17, 15) is 4.79 Å². The Morgan fingerprint density at radius 1 is 1.15 bits per heavy atom. The lowest BCUT2D eigenvalue weighted by molar-refractivity contribution is 0.0599. The molecule has 1 aromatic carbocycles. The Morgan fingerprint density at radius 3 is 2.73 bits per heavy atom. The molecule has 172 valence electrons. The van der Waals surface area contributed by atoms with E-state index in [0.717, 1.165) is 72.4 Å². The van der Waals surface area contributed by atoms with Gasteiger partial charge in [0.2, 0.25) is 5.95 Å². The molecule has 3 aromatic rings. The van der Waals surface area contributed by atoms with Gasteiger partial charge in [0.1, 0.15) is 5.75 Å². The van der Waals surface area contributed by atoms with Crippen LogP contribution in [0.4, 0.5) is 5.95 Å². The number of aromatic amines is 1. The average Bonchev–Trinajstić information content (AvgIpc) is 3.47. The number of likely N-dealkylation sites (tertiary alicyclic amines) is 1. The first-order chi connectivity index (χ1) is 16.1. The van der Waals surface area contributed by atoms with E-state index in [2.05, 4.69) is 15.2 Å². The molecule has 1 fully saturated rings. The molecule has 0 bridgehead atoms. The molecule has 1 N–H and O–H groups in total. The molecule has 2 aromatic heterocycles. The zero-order valence-corrected chi connectivity index (χ0v) is 19.5. The van der Waals surface area contributed by atoms with Gasteiger partial charge < -0.3 is 14.5 Å². The number of piperidine rings is 1. The van der Waals surface area contributed by atoms with E-state index >= 15 is 0 Å². The van der Waals surface area contributed by atoms with Crippen LogP contribution in [0.2, 0.25) is 0 Å². The number of benzene rings is 1. The van der Waals surface area contributed by atoms with Crippen molar-refractivity contribution in [2.24, 2.45) is 0 Å². The molecule has 2 aliphatic rings.